The van der Waals surface area contributed by atoms with Gasteiger partial charge in [-0.3, -0.25) is 0 Å². The molecule has 3 nitrogen and oxygen atoms in total. The quantitative estimate of drug-likeness (QED) is 0.763. The molecule has 3 aliphatic rings. The summed E-state index contributed by atoms with van der Waals surface area (Å²) >= 11 is 0. The molecule has 0 atom stereocenters. The molecule has 0 saturated heterocycles. The molecule has 1 aliphatic heterocycles. The molecule has 0 aromatic rings. The minimum atomic E-state index is 0.751. The van der Waals surface area contributed by atoms with Crippen molar-refractivity contribution >= 4 is 0 Å². The number of hydroxylamine groups is 1. The van der Waals surface area contributed by atoms with Gasteiger partial charge in [0.25, 0.3) is 0 Å². The van der Waals surface area contributed by atoms with Gasteiger partial charge in [-0.25, -0.2) is 5.48 Å². The van der Waals surface area contributed by atoms with Crippen molar-refractivity contribution < 1.29 is 4.84 Å². The fourth-order valence-corrected chi connectivity index (χ4v) is 1.57. The van der Waals surface area contributed by atoms with E-state index in [1.165, 1.54) is 0 Å². The molecule has 0 unspecified atom stereocenters. The third-order valence-electron chi connectivity index (χ3n) is 2.40. The second-order valence-corrected chi connectivity index (χ2v) is 3.56. The third kappa shape index (κ3) is 2.89. The highest BCUT2D eigenvalue weighted by Gasteiger charge is 2.05. The highest BCUT2D eigenvalue weighted by molar-refractivity contribution is 5.73. The van der Waals surface area contributed by atoms with E-state index in [0.717, 1.165) is 16.7 Å². The molecular formula is C15H12N2O. The van der Waals surface area contributed by atoms with Crippen LogP contribution >= 0.6 is 0 Å². The minimum Gasteiger partial charge on any atom is -0.391 e. The van der Waals surface area contributed by atoms with Crippen molar-refractivity contribution in [1.29, 1.82) is 5.26 Å². The first-order chi connectivity index (χ1) is 8.92. The molecule has 0 aromatic heterocycles. The highest BCUT2D eigenvalue weighted by Crippen LogP contribution is 2.25. The Bertz CT molecular complexity index is 569. The van der Waals surface area contributed by atoms with Crippen molar-refractivity contribution in [2.45, 2.75) is 0 Å². The van der Waals surface area contributed by atoms with Crippen molar-refractivity contribution in [3.05, 3.63) is 72.6 Å². The Morgan fingerprint density at radius 1 is 1.00 bits per heavy atom. The Balaban J connectivity index is 0.000000169. The van der Waals surface area contributed by atoms with Gasteiger partial charge in [0.05, 0.1) is 11.6 Å². The molecule has 1 heterocycles. The van der Waals surface area contributed by atoms with Crippen LogP contribution in [-0.4, -0.2) is 0 Å². The summed E-state index contributed by atoms with van der Waals surface area (Å²) in [5, 5.41) is 8.76. The Hall–Kier alpha value is -2.73. The van der Waals surface area contributed by atoms with E-state index in [9.17, 15) is 0 Å². The Morgan fingerprint density at radius 2 is 1.89 bits per heavy atom. The molecule has 0 spiro atoms. The summed E-state index contributed by atoms with van der Waals surface area (Å²) in [5.74, 6) is 0. The summed E-state index contributed by atoms with van der Waals surface area (Å²) in [6.07, 6.45) is 6.93. The molecule has 0 amide bonds. The molecule has 1 N–H and O–H groups in total. The van der Waals surface area contributed by atoms with Crippen molar-refractivity contribution in [2.75, 3.05) is 0 Å². The van der Waals surface area contributed by atoms with Gasteiger partial charge >= 0.3 is 0 Å². The molecular weight excluding hydrogens is 224 g/mol. The monoisotopic (exact) mass is 236 g/mol. The van der Waals surface area contributed by atoms with Crippen LogP contribution < -0.4 is 5.48 Å². The number of fused-ring (bicyclic) bond motifs is 1. The van der Waals surface area contributed by atoms with Gasteiger partial charge in [0, 0.05) is 6.20 Å². The van der Waals surface area contributed by atoms with Gasteiger partial charge in [-0.2, -0.15) is 5.26 Å². The molecule has 0 bridgehead atoms. The van der Waals surface area contributed by atoms with Crippen molar-refractivity contribution in [2.24, 2.45) is 0 Å². The van der Waals surface area contributed by atoms with Gasteiger partial charge < -0.3 is 4.84 Å². The smallest absolute Gasteiger partial charge is 0.119 e. The molecule has 3 heteroatoms. The molecule has 0 saturated carbocycles. The van der Waals surface area contributed by atoms with Crippen LogP contribution in [0.3, 0.4) is 0 Å². The van der Waals surface area contributed by atoms with E-state index in [1.54, 1.807) is 18.5 Å². The summed E-state index contributed by atoms with van der Waals surface area (Å²) < 4.78 is 0. The number of hydrogen-bond acceptors (Lipinski definition) is 3. The summed E-state index contributed by atoms with van der Waals surface area (Å²) in [4.78, 5) is 4.55. The maximum Gasteiger partial charge on any atom is 0.119 e. The van der Waals surface area contributed by atoms with Crippen LogP contribution in [-0.2, 0) is 4.84 Å². The van der Waals surface area contributed by atoms with E-state index in [0.29, 0.717) is 0 Å². The third-order valence-corrected chi connectivity index (χ3v) is 2.40. The van der Waals surface area contributed by atoms with Crippen LogP contribution in [0.4, 0.5) is 0 Å². The first-order valence-corrected chi connectivity index (χ1v) is 5.52. The fraction of sp³-hybridized carbons (Fsp3) is 0. The van der Waals surface area contributed by atoms with Crippen molar-refractivity contribution in [3.63, 3.8) is 0 Å². The van der Waals surface area contributed by atoms with Crippen LogP contribution in [0.2, 0.25) is 0 Å². The van der Waals surface area contributed by atoms with Crippen LogP contribution in [0, 0.1) is 11.3 Å². The van der Waals surface area contributed by atoms with Crippen LogP contribution in [0.15, 0.2) is 67.1 Å². The lowest BCUT2D eigenvalue weighted by molar-refractivity contribution is 0.172. The number of hydrogen-bond donors (Lipinski definition) is 1. The van der Waals surface area contributed by atoms with E-state index in [2.05, 4.69) is 16.4 Å². The lowest BCUT2D eigenvalue weighted by atomic mass is 10.1. The van der Waals surface area contributed by atoms with Crippen LogP contribution in [0.25, 0.3) is 11.1 Å². The SMILES string of the molecule is C1=CNOC=C1.N#Cc1ccc2cccccc1-2. The first kappa shape index (κ1) is 11.7. The predicted molar refractivity (Wildman–Crippen MR) is 70.3 cm³/mol. The summed E-state index contributed by atoms with van der Waals surface area (Å²) in [7, 11) is 0. The number of rotatable bonds is 0. The maximum atomic E-state index is 8.76. The summed E-state index contributed by atoms with van der Waals surface area (Å²) in [6, 6.07) is 15.8. The van der Waals surface area contributed by atoms with E-state index >= 15 is 0 Å². The zero-order chi connectivity index (χ0) is 12.6. The van der Waals surface area contributed by atoms with Gasteiger partial charge in [-0.05, 0) is 29.3 Å². The molecule has 88 valence electrons. The van der Waals surface area contributed by atoms with E-state index < -0.39 is 0 Å². The summed E-state index contributed by atoms with van der Waals surface area (Å²) in [5.41, 5.74) is 5.42. The Morgan fingerprint density at radius 3 is 2.50 bits per heavy atom. The molecule has 2 aliphatic carbocycles. The minimum absolute atomic E-state index is 0.751. The van der Waals surface area contributed by atoms with Crippen LogP contribution in [0.1, 0.15) is 5.56 Å². The molecule has 0 aromatic carbocycles. The maximum absolute atomic E-state index is 8.76. The Kier molecular flexibility index (Phi) is 3.99. The average molecular weight is 236 g/mol. The summed E-state index contributed by atoms with van der Waals surface area (Å²) in [6.45, 7) is 0. The standard InChI is InChI=1S/C11H7N.C4H5NO/c12-8-10-7-6-9-4-2-1-3-5-11(9)10;1-2-4-6-5-3-1/h1-7H;1-5H. The van der Waals surface area contributed by atoms with E-state index in [1.807, 2.05) is 48.5 Å². The number of nitrogens with zero attached hydrogens (tertiary/aromatic N) is 1. The zero-order valence-electron chi connectivity index (χ0n) is 9.71. The Labute approximate surface area is 106 Å². The second kappa shape index (κ2) is 6.12. The van der Waals surface area contributed by atoms with Gasteiger partial charge in [-0.15, -0.1) is 0 Å². The van der Waals surface area contributed by atoms with Crippen LogP contribution in [0.5, 0.6) is 0 Å². The topological polar surface area (TPSA) is 45.0 Å². The van der Waals surface area contributed by atoms with Gasteiger partial charge in [-0.1, -0.05) is 36.4 Å². The molecule has 0 fully saturated rings. The lowest BCUT2D eigenvalue weighted by Gasteiger charge is -1.97. The normalized spacial score (nSPS) is 11.7. The number of nitrogens with one attached hydrogen (secondary N) is 1. The second-order valence-electron chi connectivity index (χ2n) is 3.56. The fourth-order valence-electron chi connectivity index (χ4n) is 1.57. The van der Waals surface area contributed by atoms with Gasteiger partial charge in [0.15, 0.2) is 0 Å². The highest BCUT2D eigenvalue weighted by atomic mass is 16.6. The van der Waals surface area contributed by atoms with E-state index in [4.69, 9.17) is 5.26 Å². The van der Waals surface area contributed by atoms with Crippen molar-refractivity contribution in [3.8, 4) is 17.2 Å². The van der Waals surface area contributed by atoms with Gasteiger partial charge in [0.1, 0.15) is 6.26 Å². The molecule has 3 rings (SSSR count). The van der Waals surface area contributed by atoms with Crippen molar-refractivity contribution in [1.82, 2.24) is 5.48 Å². The lowest BCUT2D eigenvalue weighted by Crippen LogP contribution is -2.01. The predicted octanol–water partition coefficient (Wildman–Crippen LogP) is 3.21. The average Bonchev–Trinajstić information content (AvgIpc) is 2.69. The van der Waals surface area contributed by atoms with E-state index in [-0.39, 0.29) is 0 Å². The first-order valence-electron chi connectivity index (χ1n) is 5.52. The molecule has 0 radical (unpaired) electrons. The zero-order valence-corrected chi connectivity index (χ0v) is 9.71. The largest absolute Gasteiger partial charge is 0.391 e. The van der Waals surface area contributed by atoms with Gasteiger partial charge in [0.2, 0.25) is 0 Å². The molecule has 18 heavy (non-hydrogen) atoms. The number of allylic oxidation sites excluding steroid dienone is 2. The number of nitriles is 1.